The molecule has 0 aliphatic heterocycles. The van der Waals surface area contributed by atoms with Crippen molar-refractivity contribution >= 4 is 11.7 Å². The van der Waals surface area contributed by atoms with Crippen molar-refractivity contribution < 1.29 is 23.7 Å². The van der Waals surface area contributed by atoms with Crippen LogP contribution in [0.1, 0.15) is 53.7 Å². The molecule has 1 aromatic rings. The predicted molar refractivity (Wildman–Crippen MR) is 104 cm³/mol. The Labute approximate surface area is 167 Å². The molecule has 0 aliphatic carbocycles. The number of H-pyrrole nitrogens is 1. The lowest BCUT2D eigenvalue weighted by molar-refractivity contribution is -0.754. The van der Waals surface area contributed by atoms with Crippen LogP contribution in [0.25, 0.3) is 0 Å². The van der Waals surface area contributed by atoms with Gasteiger partial charge in [0.15, 0.2) is 6.20 Å². The third-order valence-corrected chi connectivity index (χ3v) is 3.89. The quantitative estimate of drug-likeness (QED) is 0.348. The van der Waals surface area contributed by atoms with Crippen LogP contribution in [-0.4, -0.2) is 53.4 Å². The highest BCUT2D eigenvalue weighted by molar-refractivity contribution is 5.83. The number of hydrogen-bond acceptors (Lipinski definition) is 6. The van der Waals surface area contributed by atoms with E-state index >= 15 is 0 Å². The van der Waals surface area contributed by atoms with Gasteiger partial charge in [-0.15, -0.1) is 0 Å². The number of amides is 1. The van der Waals surface area contributed by atoms with Crippen LogP contribution in [0, 0.1) is 5.41 Å². The van der Waals surface area contributed by atoms with Crippen LogP contribution in [0.4, 0.5) is 0 Å². The number of carbonyl (C=O) groups is 2. The van der Waals surface area contributed by atoms with Gasteiger partial charge in [-0.1, -0.05) is 26.0 Å². The Hall–Kier alpha value is -1.84. The van der Waals surface area contributed by atoms with E-state index in [1.165, 1.54) is 0 Å². The summed E-state index contributed by atoms with van der Waals surface area (Å²) in [5.41, 5.74) is 5.62. The van der Waals surface area contributed by atoms with Gasteiger partial charge >= 0.3 is 0 Å². The highest BCUT2D eigenvalue weighted by Gasteiger charge is 2.25. The van der Waals surface area contributed by atoms with Gasteiger partial charge in [0.05, 0.1) is 19.8 Å². The van der Waals surface area contributed by atoms with E-state index in [1.807, 2.05) is 41.5 Å². The Balaban J connectivity index is 2.28. The summed E-state index contributed by atoms with van der Waals surface area (Å²) in [6.45, 7) is 13.5. The van der Waals surface area contributed by atoms with E-state index in [0.29, 0.717) is 45.1 Å². The van der Waals surface area contributed by atoms with Crippen molar-refractivity contribution in [2.45, 2.75) is 72.7 Å². The van der Waals surface area contributed by atoms with Crippen molar-refractivity contribution in [3.63, 3.8) is 0 Å². The fraction of sp³-hybridized carbons (Fsp3) is 0.789. The number of primary amides is 1. The zero-order valence-electron chi connectivity index (χ0n) is 18.0. The molecule has 9 heteroatoms. The second-order valence-electron chi connectivity index (χ2n) is 8.92. The van der Waals surface area contributed by atoms with Crippen LogP contribution in [-0.2, 0) is 32.2 Å². The van der Waals surface area contributed by atoms with Gasteiger partial charge in [-0.2, -0.15) is 4.68 Å². The predicted octanol–water partition coefficient (Wildman–Crippen LogP) is 0.478. The van der Waals surface area contributed by atoms with Gasteiger partial charge in [-0.3, -0.25) is 14.9 Å². The lowest BCUT2D eigenvalue weighted by Crippen LogP contribution is -2.57. The van der Waals surface area contributed by atoms with Crippen molar-refractivity contribution in [2.75, 3.05) is 19.8 Å². The Morgan fingerprint density at radius 1 is 1.18 bits per heavy atom. The standard InChI is InChI=1S/C19H35N5O4/c1-18(2,3)16(25)7-8-27-9-10-28-13-14-11-24(23-22-14)12-15(17(20)26)21-19(4,5)6/h11,15,21H,7-10,12-13H2,1-6H3,(H2,20,26)/p+1/t15-/m0/s1. The maximum Gasteiger partial charge on any atom is 0.243 e. The number of carbonyl (C=O) groups excluding carboxylic acids is 2. The van der Waals surface area contributed by atoms with E-state index in [4.69, 9.17) is 15.2 Å². The molecule has 1 atom stereocenters. The number of Topliss-reactive ketones (excluding diaryl/α,β-unsaturated/α-hetero) is 1. The zero-order chi connectivity index (χ0) is 21.4. The summed E-state index contributed by atoms with van der Waals surface area (Å²) in [5.74, 6) is -0.235. The molecule has 0 bridgehead atoms. The van der Waals surface area contributed by atoms with E-state index in [-0.39, 0.29) is 16.7 Å². The summed E-state index contributed by atoms with van der Waals surface area (Å²) < 4.78 is 12.7. The fourth-order valence-electron chi connectivity index (χ4n) is 2.39. The number of ether oxygens (including phenoxy) is 2. The van der Waals surface area contributed by atoms with Gasteiger partial charge < -0.3 is 15.2 Å². The minimum Gasteiger partial charge on any atom is -0.379 e. The highest BCUT2D eigenvalue weighted by atomic mass is 16.5. The number of nitrogens with one attached hydrogen (secondary N) is 2. The van der Waals surface area contributed by atoms with E-state index in [0.717, 1.165) is 0 Å². The van der Waals surface area contributed by atoms with Gasteiger partial charge in [-0.05, 0) is 20.8 Å². The van der Waals surface area contributed by atoms with Crippen LogP contribution in [0.15, 0.2) is 6.20 Å². The molecule has 4 N–H and O–H groups in total. The van der Waals surface area contributed by atoms with E-state index in [9.17, 15) is 9.59 Å². The van der Waals surface area contributed by atoms with Gasteiger partial charge in [0.2, 0.25) is 11.6 Å². The molecule has 1 aromatic heterocycles. The number of nitrogens with zero attached hydrogens (tertiary/aromatic N) is 2. The first-order chi connectivity index (χ1) is 12.9. The molecule has 0 saturated heterocycles. The maximum atomic E-state index is 11.8. The molecular weight excluding hydrogens is 362 g/mol. The Morgan fingerprint density at radius 3 is 2.39 bits per heavy atom. The van der Waals surface area contributed by atoms with Crippen LogP contribution < -0.4 is 15.7 Å². The summed E-state index contributed by atoms with van der Waals surface area (Å²) >= 11 is 0. The molecule has 0 saturated carbocycles. The van der Waals surface area contributed by atoms with Gasteiger partial charge in [0.1, 0.15) is 25.0 Å². The molecule has 0 spiro atoms. The lowest BCUT2D eigenvalue weighted by atomic mass is 9.89. The highest BCUT2D eigenvalue weighted by Crippen LogP contribution is 2.16. The van der Waals surface area contributed by atoms with Crippen molar-refractivity contribution in [3.05, 3.63) is 11.9 Å². The molecular formula is C19H36N5O4+. The number of hydrogen-bond donors (Lipinski definition) is 3. The summed E-state index contributed by atoms with van der Waals surface area (Å²) in [5, 5.41) is 10.2. The molecule has 0 radical (unpaired) electrons. The molecule has 0 unspecified atom stereocenters. The van der Waals surface area contributed by atoms with Crippen LogP contribution in [0.5, 0.6) is 0 Å². The lowest BCUT2D eigenvalue weighted by Gasteiger charge is -2.25. The average Bonchev–Trinajstić information content (AvgIpc) is 2.98. The van der Waals surface area contributed by atoms with Crippen LogP contribution >= 0.6 is 0 Å². The topological polar surface area (TPSA) is 123 Å². The number of nitrogens with two attached hydrogens (primary N) is 1. The number of ketones is 1. The van der Waals surface area contributed by atoms with Crippen molar-refractivity contribution in [1.82, 2.24) is 15.6 Å². The maximum absolute atomic E-state index is 11.8. The van der Waals surface area contributed by atoms with Crippen molar-refractivity contribution in [3.8, 4) is 0 Å². The summed E-state index contributed by atoms with van der Waals surface area (Å²) in [4.78, 5) is 23.4. The van der Waals surface area contributed by atoms with Crippen molar-refractivity contribution in [2.24, 2.45) is 11.1 Å². The average molecular weight is 399 g/mol. The molecule has 1 heterocycles. The molecule has 0 aliphatic rings. The van der Waals surface area contributed by atoms with Crippen LogP contribution in [0.3, 0.4) is 0 Å². The minimum absolute atomic E-state index is 0.185. The molecule has 0 aromatic carbocycles. The van der Waals surface area contributed by atoms with Crippen molar-refractivity contribution in [1.29, 1.82) is 0 Å². The molecule has 28 heavy (non-hydrogen) atoms. The Kier molecular flexibility index (Phi) is 9.19. The first kappa shape index (κ1) is 24.2. The second-order valence-corrected chi connectivity index (χ2v) is 8.92. The number of aromatic nitrogens is 3. The summed E-state index contributed by atoms with van der Waals surface area (Å²) in [6.07, 6.45) is 2.19. The Morgan fingerprint density at radius 2 is 1.82 bits per heavy atom. The molecule has 9 nitrogen and oxygen atoms in total. The number of rotatable bonds is 12. The molecule has 0 fully saturated rings. The summed E-state index contributed by atoms with van der Waals surface area (Å²) in [7, 11) is 0. The molecule has 160 valence electrons. The van der Waals surface area contributed by atoms with Crippen LogP contribution in [0.2, 0.25) is 0 Å². The molecule has 1 rings (SSSR count). The van der Waals surface area contributed by atoms with E-state index in [2.05, 4.69) is 15.6 Å². The Bertz CT molecular complexity index is 631. The fourth-order valence-corrected chi connectivity index (χ4v) is 2.39. The van der Waals surface area contributed by atoms with Gasteiger partial charge in [0.25, 0.3) is 0 Å². The van der Waals surface area contributed by atoms with E-state index in [1.54, 1.807) is 10.9 Å². The smallest absolute Gasteiger partial charge is 0.243 e. The largest absolute Gasteiger partial charge is 0.379 e. The second kappa shape index (κ2) is 10.6. The minimum atomic E-state index is -0.511. The zero-order valence-corrected chi connectivity index (χ0v) is 18.0. The first-order valence-corrected chi connectivity index (χ1v) is 9.58. The SMILES string of the molecule is CC(C)(C)N[C@@H](C[n+]1cc(COCCOCCC(=O)C(C)(C)C)n[nH]1)C(N)=O. The first-order valence-electron chi connectivity index (χ1n) is 9.58. The third-order valence-electron chi connectivity index (χ3n) is 3.89. The monoisotopic (exact) mass is 398 g/mol. The molecule has 1 amide bonds. The summed E-state index contributed by atoms with van der Waals surface area (Å²) in [6, 6.07) is -0.511. The normalized spacial score (nSPS) is 13.5. The third kappa shape index (κ3) is 9.91. The van der Waals surface area contributed by atoms with Gasteiger partial charge in [0, 0.05) is 22.5 Å². The van der Waals surface area contributed by atoms with Gasteiger partial charge in [-0.25, -0.2) is 0 Å². The van der Waals surface area contributed by atoms with E-state index < -0.39 is 11.9 Å². The number of aromatic amines is 1.